The van der Waals surface area contributed by atoms with E-state index in [-0.39, 0.29) is 45.5 Å². The van der Waals surface area contributed by atoms with Crippen LogP contribution in [0.1, 0.15) is 10.4 Å². The summed E-state index contributed by atoms with van der Waals surface area (Å²) in [5.74, 6) is -1.44. The first-order chi connectivity index (χ1) is 16.3. The number of carbonyl (C=O) groups excluding carboxylic acids is 2. The van der Waals surface area contributed by atoms with Crippen LogP contribution in [-0.4, -0.2) is 58.0 Å². The van der Waals surface area contributed by atoms with Crippen molar-refractivity contribution >= 4 is 44.9 Å². The van der Waals surface area contributed by atoms with Crippen LogP contribution in [0.15, 0.2) is 59.1 Å². The van der Waals surface area contributed by atoms with Gasteiger partial charge in [0.15, 0.2) is 0 Å². The summed E-state index contributed by atoms with van der Waals surface area (Å²) < 4.78 is 37.0. The van der Waals surface area contributed by atoms with Crippen molar-refractivity contribution in [3.63, 3.8) is 0 Å². The first kappa shape index (κ1) is 25.2. The number of anilines is 2. The maximum absolute atomic E-state index is 12.9. The SMILES string of the molecule is COC(=O)c1ccccc1NC(=O)/C(C#N)=C\Nc1cc(S(=O)(=O)N2CCOCC2)ccc1Cl. The van der Waals surface area contributed by atoms with Crippen LogP contribution in [0.2, 0.25) is 5.02 Å². The van der Waals surface area contributed by atoms with E-state index in [1.165, 1.54) is 41.7 Å². The van der Waals surface area contributed by atoms with Crippen molar-refractivity contribution in [1.82, 2.24) is 4.31 Å². The fourth-order valence-corrected chi connectivity index (χ4v) is 4.69. The molecule has 34 heavy (non-hydrogen) atoms. The van der Waals surface area contributed by atoms with Crippen molar-refractivity contribution in [1.29, 1.82) is 5.26 Å². The predicted octanol–water partition coefficient (Wildman–Crippen LogP) is 2.61. The monoisotopic (exact) mass is 504 g/mol. The van der Waals surface area contributed by atoms with Crippen molar-refractivity contribution in [3.8, 4) is 6.07 Å². The highest BCUT2D eigenvalue weighted by molar-refractivity contribution is 7.89. The normalized spacial score (nSPS) is 14.7. The second kappa shape index (κ2) is 11.1. The average Bonchev–Trinajstić information content (AvgIpc) is 2.85. The molecule has 1 heterocycles. The molecule has 2 N–H and O–H groups in total. The van der Waals surface area contributed by atoms with E-state index in [1.807, 2.05) is 0 Å². The molecule has 12 heteroatoms. The largest absolute Gasteiger partial charge is 0.465 e. The number of nitrogens with one attached hydrogen (secondary N) is 2. The number of sulfonamides is 1. The van der Waals surface area contributed by atoms with E-state index in [2.05, 4.69) is 15.4 Å². The molecule has 2 aromatic carbocycles. The van der Waals surface area contributed by atoms with Crippen LogP contribution in [-0.2, 0) is 24.3 Å². The number of halogens is 1. The molecule has 178 valence electrons. The highest BCUT2D eigenvalue weighted by Crippen LogP contribution is 2.27. The zero-order chi connectivity index (χ0) is 24.7. The van der Waals surface area contributed by atoms with Gasteiger partial charge in [-0.1, -0.05) is 23.7 Å². The van der Waals surface area contributed by atoms with Gasteiger partial charge in [0, 0.05) is 19.3 Å². The molecule has 2 aromatic rings. The van der Waals surface area contributed by atoms with Crippen LogP contribution < -0.4 is 10.6 Å². The van der Waals surface area contributed by atoms with E-state index in [9.17, 15) is 23.3 Å². The third-order valence-electron chi connectivity index (χ3n) is 4.86. The Morgan fingerprint density at radius 1 is 1.18 bits per heavy atom. The summed E-state index contributed by atoms with van der Waals surface area (Å²) in [6, 6.07) is 12.0. The summed E-state index contributed by atoms with van der Waals surface area (Å²) in [5, 5.41) is 14.8. The van der Waals surface area contributed by atoms with Crippen LogP contribution in [0, 0.1) is 11.3 Å². The Kier molecular flexibility index (Phi) is 8.25. The molecule has 3 rings (SSSR count). The number of methoxy groups -OCH3 is 1. The van der Waals surface area contributed by atoms with Crippen molar-refractivity contribution < 1.29 is 27.5 Å². The maximum Gasteiger partial charge on any atom is 0.339 e. The van der Waals surface area contributed by atoms with Crippen LogP contribution >= 0.6 is 11.6 Å². The number of nitrogens with zero attached hydrogens (tertiary/aromatic N) is 2. The summed E-state index contributed by atoms with van der Waals surface area (Å²) in [6.07, 6.45) is 1.10. The van der Waals surface area contributed by atoms with Gasteiger partial charge < -0.3 is 20.1 Å². The summed E-state index contributed by atoms with van der Waals surface area (Å²) in [5.41, 5.74) is 0.133. The fraction of sp³-hybridized carbons (Fsp3) is 0.227. The number of ether oxygens (including phenoxy) is 2. The quantitative estimate of drug-likeness (QED) is 0.333. The maximum atomic E-state index is 12.9. The minimum absolute atomic E-state index is 0.00432. The average molecular weight is 505 g/mol. The van der Waals surface area contributed by atoms with Crippen LogP contribution in [0.25, 0.3) is 0 Å². The third-order valence-corrected chi connectivity index (χ3v) is 7.09. The number of para-hydroxylation sites is 1. The highest BCUT2D eigenvalue weighted by Gasteiger charge is 2.27. The zero-order valence-electron chi connectivity index (χ0n) is 18.1. The highest BCUT2D eigenvalue weighted by atomic mass is 35.5. The van der Waals surface area contributed by atoms with E-state index < -0.39 is 21.9 Å². The molecule has 1 amide bonds. The number of rotatable bonds is 7. The lowest BCUT2D eigenvalue weighted by molar-refractivity contribution is -0.112. The van der Waals surface area contributed by atoms with Crippen LogP contribution in [0.4, 0.5) is 11.4 Å². The standard InChI is InChI=1S/C22H21ClN4O6S/c1-32-22(29)17-4-2-3-5-19(17)26-21(28)15(13-24)14-25-20-12-16(6-7-18(20)23)34(30,31)27-8-10-33-11-9-27/h2-7,12,14,25H,8-11H2,1H3,(H,26,28)/b15-14-. The van der Waals surface area contributed by atoms with E-state index in [0.717, 1.165) is 6.20 Å². The number of carbonyl (C=O) groups is 2. The summed E-state index contributed by atoms with van der Waals surface area (Å²) in [4.78, 5) is 24.5. The second-order valence-corrected chi connectivity index (χ2v) is 9.31. The van der Waals surface area contributed by atoms with Gasteiger partial charge in [-0.15, -0.1) is 0 Å². The lowest BCUT2D eigenvalue weighted by Gasteiger charge is -2.26. The second-order valence-electron chi connectivity index (χ2n) is 6.96. The summed E-state index contributed by atoms with van der Waals surface area (Å²) in [6.45, 7) is 1.08. The van der Waals surface area contributed by atoms with E-state index in [1.54, 1.807) is 18.2 Å². The molecular formula is C22H21ClN4O6S. The van der Waals surface area contributed by atoms with Crippen LogP contribution in [0.3, 0.4) is 0 Å². The minimum atomic E-state index is -3.77. The number of hydrogen-bond acceptors (Lipinski definition) is 8. The number of nitriles is 1. The first-order valence-corrected chi connectivity index (χ1v) is 11.8. The van der Waals surface area contributed by atoms with Gasteiger partial charge in [0.2, 0.25) is 10.0 Å². The lowest BCUT2D eigenvalue weighted by Crippen LogP contribution is -2.40. The van der Waals surface area contributed by atoms with Gasteiger partial charge in [0.25, 0.3) is 5.91 Å². The Hall–Kier alpha value is -3.43. The first-order valence-electron chi connectivity index (χ1n) is 10.0. The molecule has 0 saturated carbocycles. The fourth-order valence-electron chi connectivity index (χ4n) is 3.08. The molecule has 0 radical (unpaired) electrons. The van der Waals surface area contributed by atoms with Crippen molar-refractivity contribution in [2.24, 2.45) is 0 Å². The molecule has 1 aliphatic heterocycles. The van der Waals surface area contributed by atoms with E-state index in [0.29, 0.717) is 13.2 Å². The molecule has 0 unspecified atom stereocenters. The Morgan fingerprint density at radius 3 is 2.56 bits per heavy atom. The number of benzene rings is 2. The lowest BCUT2D eigenvalue weighted by atomic mass is 10.1. The van der Waals surface area contributed by atoms with Gasteiger partial charge in [-0.05, 0) is 30.3 Å². The molecule has 10 nitrogen and oxygen atoms in total. The van der Waals surface area contributed by atoms with E-state index in [4.69, 9.17) is 16.3 Å². The third kappa shape index (κ3) is 5.73. The van der Waals surface area contributed by atoms with Gasteiger partial charge in [0.1, 0.15) is 11.6 Å². The topological polar surface area (TPSA) is 138 Å². The molecule has 1 fully saturated rings. The van der Waals surface area contributed by atoms with Gasteiger partial charge in [-0.3, -0.25) is 4.79 Å². The van der Waals surface area contributed by atoms with Crippen molar-refractivity contribution in [2.75, 3.05) is 44.0 Å². The minimum Gasteiger partial charge on any atom is -0.465 e. The molecule has 0 atom stereocenters. The number of hydrogen-bond donors (Lipinski definition) is 2. The van der Waals surface area contributed by atoms with Crippen LogP contribution in [0.5, 0.6) is 0 Å². The van der Waals surface area contributed by atoms with E-state index >= 15 is 0 Å². The van der Waals surface area contributed by atoms with Gasteiger partial charge in [-0.2, -0.15) is 9.57 Å². The Morgan fingerprint density at radius 2 is 1.88 bits per heavy atom. The molecule has 1 saturated heterocycles. The molecule has 0 aromatic heterocycles. The number of morpholine rings is 1. The molecule has 0 spiro atoms. The van der Waals surface area contributed by atoms with Gasteiger partial charge in [0.05, 0.1) is 47.2 Å². The molecule has 1 aliphatic rings. The van der Waals surface area contributed by atoms with Crippen molar-refractivity contribution in [2.45, 2.75) is 4.90 Å². The summed E-state index contributed by atoms with van der Waals surface area (Å²) >= 11 is 6.18. The summed E-state index contributed by atoms with van der Waals surface area (Å²) in [7, 11) is -2.56. The Labute approximate surface area is 201 Å². The number of amides is 1. The molecule has 0 aliphatic carbocycles. The van der Waals surface area contributed by atoms with Crippen molar-refractivity contribution in [3.05, 3.63) is 64.8 Å². The molecular weight excluding hydrogens is 484 g/mol. The Balaban J connectivity index is 1.81. The molecule has 0 bridgehead atoms. The number of esters is 1. The van der Waals surface area contributed by atoms with Gasteiger partial charge >= 0.3 is 5.97 Å². The Bertz CT molecular complexity index is 1270. The zero-order valence-corrected chi connectivity index (χ0v) is 19.6. The predicted molar refractivity (Wildman–Crippen MR) is 125 cm³/mol. The smallest absolute Gasteiger partial charge is 0.339 e. The van der Waals surface area contributed by atoms with Gasteiger partial charge in [-0.25, -0.2) is 13.2 Å².